The van der Waals surface area contributed by atoms with Gasteiger partial charge < -0.3 is 36.1 Å². The van der Waals surface area contributed by atoms with Crippen molar-refractivity contribution in [3.05, 3.63) is 132 Å². The Bertz CT molecular complexity index is 2410. The van der Waals surface area contributed by atoms with Crippen molar-refractivity contribution in [3.63, 3.8) is 0 Å². The van der Waals surface area contributed by atoms with Crippen LogP contribution in [0.25, 0.3) is 11.3 Å². The van der Waals surface area contributed by atoms with Crippen molar-refractivity contribution in [2.24, 2.45) is 16.8 Å². The van der Waals surface area contributed by atoms with E-state index in [1.54, 1.807) is 0 Å². The number of allylic oxidation sites excluding steroid dienone is 3. The number of piperidine rings is 1. The minimum Gasteiger partial charge on any atom is -0.391 e. The molecule has 5 aliphatic heterocycles. The summed E-state index contributed by atoms with van der Waals surface area (Å²) in [4.78, 5) is 22.1. The van der Waals surface area contributed by atoms with Crippen LogP contribution in [-0.4, -0.2) is 104 Å². The molecule has 0 saturated carbocycles. The van der Waals surface area contributed by atoms with E-state index in [2.05, 4.69) is 91.9 Å². The van der Waals surface area contributed by atoms with E-state index < -0.39 is 17.6 Å². The number of pyridine rings is 1. The van der Waals surface area contributed by atoms with Gasteiger partial charge in [-0.2, -0.15) is 0 Å². The van der Waals surface area contributed by atoms with Gasteiger partial charge >= 0.3 is 0 Å². The number of halogens is 2. The van der Waals surface area contributed by atoms with Crippen molar-refractivity contribution in [3.8, 4) is 0 Å². The van der Waals surface area contributed by atoms with E-state index in [0.717, 1.165) is 143 Å². The number of anilines is 3. The first-order valence-corrected chi connectivity index (χ1v) is 24.9. The van der Waals surface area contributed by atoms with Crippen molar-refractivity contribution in [2.75, 3.05) is 81.1 Å². The van der Waals surface area contributed by atoms with E-state index in [1.165, 1.54) is 35.8 Å². The Morgan fingerprint density at radius 3 is 2.38 bits per heavy atom. The Morgan fingerprint density at radius 2 is 1.71 bits per heavy atom. The van der Waals surface area contributed by atoms with E-state index in [4.69, 9.17) is 15.4 Å². The van der Waals surface area contributed by atoms with Gasteiger partial charge in [-0.1, -0.05) is 59.1 Å². The molecule has 0 spiro atoms. The van der Waals surface area contributed by atoms with Crippen LogP contribution in [-0.2, 0) is 6.54 Å². The van der Waals surface area contributed by atoms with Crippen molar-refractivity contribution in [2.45, 2.75) is 90.6 Å². The highest BCUT2D eigenvalue weighted by atomic mass is 19.1. The Morgan fingerprint density at radius 1 is 0.971 bits per heavy atom. The van der Waals surface area contributed by atoms with Crippen LogP contribution in [0.3, 0.4) is 0 Å². The van der Waals surface area contributed by atoms with Gasteiger partial charge in [0.15, 0.2) is 0 Å². The molecule has 4 N–H and O–H groups in total. The molecule has 2 bridgehead atoms. The number of piperazine rings is 1. The van der Waals surface area contributed by atoms with E-state index in [9.17, 15) is 0 Å². The predicted molar refractivity (Wildman–Crippen MR) is 278 cm³/mol. The maximum Gasteiger partial charge on any atom is 0.208 e. The Hall–Kier alpha value is -5.79. The summed E-state index contributed by atoms with van der Waals surface area (Å²) in [5.74, 6) is -0.00918. The molecule has 362 valence electrons. The Balaban J connectivity index is 0.839. The van der Waals surface area contributed by atoms with Gasteiger partial charge in [-0.3, -0.25) is 14.8 Å². The second kappa shape index (κ2) is 21.7. The Kier molecular flexibility index (Phi) is 15.5. The van der Waals surface area contributed by atoms with E-state index in [-0.39, 0.29) is 11.5 Å². The van der Waals surface area contributed by atoms with Gasteiger partial charge in [0.05, 0.1) is 22.8 Å². The summed E-state index contributed by atoms with van der Waals surface area (Å²) < 4.78 is 31.0. The van der Waals surface area contributed by atoms with Crippen molar-refractivity contribution in [1.82, 2.24) is 30.3 Å². The van der Waals surface area contributed by atoms with Crippen LogP contribution in [0, 0.1) is 35.8 Å². The summed E-state index contributed by atoms with van der Waals surface area (Å²) in [6.45, 7) is 32.2. The van der Waals surface area contributed by atoms with Gasteiger partial charge in [0.25, 0.3) is 0 Å². The van der Waals surface area contributed by atoms with Crippen molar-refractivity contribution in [1.29, 1.82) is 5.41 Å². The molecule has 3 aromatic rings. The molecule has 1 unspecified atom stereocenters. The van der Waals surface area contributed by atoms with Crippen LogP contribution in [0.5, 0.6) is 0 Å². The zero-order valence-electron chi connectivity index (χ0n) is 40.9. The molecule has 1 aromatic heterocycles. The normalized spacial score (nSPS) is 22.4. The molecule has 0 aliphatic carbocycles. The van der Waals surface area contributed by atoms with Gasteiger partial charge in [-0.05, 0) is 113 Å². The second-order valence-electron chi connectivity index (χ2n) is 19.7. The third kappa shape index (κ3) is 10.7. The molecule has 11 nitrogen and oxygen atoms in total. The summed E-state index contributed by atoms with van der Waals surface area (Å²) in [6.07, 6.45) is 10.7. The number of aromatic nitrogens is 1. The van der Waals surface area contributed by atoms with Gasteiger partial charge in [0, 0.05) is 129 Å². The van der Waals surface area contributed by atoms with Crippen LogP contribution in [0.4, 0.5) is 25.8 Å². The second-order valence-corrected chi connectivity index (χ2v) is 19.7. The minimum atomic E-state index is -0.528. The van der Waals surface area contributed by atoms with Gasteiger partial charge in [0.1, 0.15) is 11.6 Å². The average molecular weight is 926 g/mol. The molecule has 5 aliphatic rings. The molecular formula is C55H73F2N11. The Labute approximate surface area is 404 Å². The summed E-state index contributed by atoms with van der Waals surface area (Å²) >= 11 is 0. The first-order valence-electron chi connectivity index (χ1n) is 24.9. The summed E-state index contributed by atoms with van der Waals surface area (Å²) in [5, 5.41) is 18.2. The van der Waals surface area contributed by atoms with Crippen LogP contribution < -0.4 is 25.8 Å². The number of aryl methyl sites for hydroxylation is 1. The first-order chi connectivity index (χ1) is 32.9. The lowest BCUT2D eigenvalue weighted by Crippen LogP contribution is -2.55. The van der Waals surface area contributed by atoms with Crippen LogP contribution in [0.2, 0.25) is 0 Å². The number of likely N-dealkylation sites (tertiary alicyclic amines) is 1. The third-order valence-corrected chi connectivity index (χ3v) is 14.9. The highest BCUT2D eigenvalue weighted by Crippen LogP contribution is 2.39. The lowest BCUT2D eigenvalue weighted by atomic mass is 9.89. The van der Waals surface area contributed by atoms with Crippen LogP contribution in [0.1, 0.15) is 99.2 Å². The number of hydrogen-bond acceptors (Lipinski definition) is 11. The van der Waals surface area contributed by atoms with Crippen molar-refractivity contribution >= 4 is 40.5 Å². The maximum atomic E-state index is 15.5. The average Bonchev–Trinajstić information content (AvgIpc) is 3.63. The SMILES string of the molecule is C=CNC(=C)C(CCC)c1c(F)cc(N2CC(C(=C)N3CCN(C4CCN(Cc5ccc6c(c5)N5C[C@H](C)CCCC/C(NC)=C(/C=N)c7cc(cc(C)n7)C(=C)/N=C/5N6)CC4)CC3)C2)cc1F. The number of benzene rings is 2. The fraction of sp³-hybridized carbons (Fsp3) is 0.473. The zero-order chi connectivity index (χ0) is 48.1. The van der Waals surface area contributed by atoms with E-state index in [1.807, 2.05) is 33.0 Å². The monoisotopic (exact) mass is 926 g/mol. The van der Waals surface area contributed by atoms with Crippen LogP contribution in [0.15, 0.2) is 97.1 Å². The molecule has 3 saturated heterocycles. The molecule has 2 atom stereocenters. The number of aliphatic imine (C=N–C) groups is 1. The number of nitrogens with zero attached hydrogens (tertiary/aromatic N) is 7. The molecule has 0 amide bonds. The van der Waals surface area contributed by atoms with Gasteiger partial charge in [0.2, 0.25) is 5.96 Å². The molecule has 0 radical (unpaired) electrons. The number of rotatable bonds is 14. The maximum absolute atomic E-state index is 15.5. The minimum absolute atomic E-state index is 0.0717. The third-order valence-electron chi connectivity index (χ3n) is 14.9. The topological polar surface area (TPSA) is 101 Å². The molecule has 8 rings (SSSR count). The van der Waals surface area contributed by atoms with E-state index in [0.29, 0.717) is 48.6 Å². The molecule has 6 heterocycles. The number of guanidine groups is 1. The standard InChI is InChI=1S/C55H73F2N11/c1-9-13-46(39(6)60-10-2)54-48(56)29-45(30-49(54)57)67-34-43(35-67)40(7)65-22-24-66(25-23-65)44-18-20-64(21-19-44)33-41-16-17-51-53(27-41)68-32-36(3)14-11-12-15-50(59-8)47(31-58)52-28-42(26-37(4)61-52)38(5)62-55(68)63-51/h10,16-17,26-31,36,43-44,46,58-60H,2,5-7,9,11-15,18-25,32-35H2,1,3-4,8H3,(H,62,63)/b50-47+,58-31?/t36-,46?/m1/s1. The van der Waals surface area contributed by atoms with Gasteiger partial charge in [-0.15, -0.1) is 0 Å². The first kappa shape index (κ1) is 48.7. The number of nitrogens with one attached hydrogen (secondary N) is 4. The zero-order valence-corrected chi connectivity index (χ0v) is 40.9. The van der Waals surface area contributed by atoms with Gasteiger partial charge in [-0.25, -0.2) is 13.8 Å². The highest BCUT2D eigenvalue weighted by molar-refractivity contribution is 6.16. The lowest BCUT2D eigenvalue weighted by Gasteiger charge is -2.48. The largest absolute Gasteiger partial charge is 0.391 e. The fourth-order valence-electron chi connectivity index (χ4n) is 11.0. The summed E-state index contributed by atoms with van der Waals surface area (Å²) in [6, 6.07) is 14.4. The summed E-state index contributed by atoms with van der Waals surface area (Å²) in [5.41, 5.74) is 10.9. The quantitative estimate of drug-likeness (QED) is 0.118. The molecule has 13 heteroatoms. The van der Waals surface area contributed by atoms with Crippen molar-refractivity contribution < 1.29 is 8.78 Å². The number of hydrogen-bond donors (Lipinski definition) is 4. The summed E-state index contributed by atoms with van der Waals surface area (Å²) in [7, 11) is 1.93. The fourth-order valence-corrected chi connectivity index (χ4v) is 11.0. The number of fused-ring (bicyclic) bond motifs is 5. The predicted octanol–water partition coefficient (Wildman–Crippen LogP) is 10.1. The molecular weight excluding hydrogens is 853 g/mol. The molecule has 2 aromatic carbocycles. The molecule has 68 heavy (non-hydrogen) atoms. The lowest BCUT2D eigenvalue weighted by molar-refractivity contribution is 0.0638. The van der Waals surface area contributed by atoms with E-state index >= 15 is 8.78 Å². The molecule has 3 fully saturated rings. The highest BCUT2D eigenvalue weighted by Gasteiger charge is 2.36. The smallest absolute Gasteiger partial charge is 0.208 e. The van der Waals surface area contributed by atoms with Crippen LogP contribution >= 0.6 is 0 Å².